The monoisotopic (exact) mass is 235 g/mol. The number of rotatable bonds is 5. The zero-order valence-electron chi connectivity index (χ0n) is 10.5. The number of hydrogen-bond donors (Lipinski definition) is 1. The molecule has 0 atom stereocenters. The fourth-order valence-corrected chi connectivity index (χ4v) is 2.07. The average Bonchev–Trinajstić information content (AvgIpc) is 2.41. The van der Waals surface area contributed by atoms with Crippen LogP contribution in [0.15, 0.2) is 18.5 Å². The topological polar surface area (TPSA) is 37.4 Å². The molecule has 1 saturated heterocycles. The first-order valence-corrected chi connectivity index (χ1v) is 6.38. The maximum absolute atomic E-state index is 5.39. The third-order valence-corrected chi connectivity index (χ3v) is 2.97. The Bertz CT molecular complexity index is 337. The van der Waals surface area contributed by atoms with Crippen molar-refractivity contribution >= 4 is 5.69 Å². The van der Waals surface area contributed by atoms with E-state index in [0.717, 1.165) is 45.8 Å². The van der Waals surface area contributed by atoms with Crippen LogP contribution in [0.3, 0.4) is 0 Å². The lowest BCUT2D eigenvalue weighted by Gasteiger charge is -2.30. The number of pyridine rings is 1. The smallest absolute Gasteiger partial charge is 0.0642 e. The third kappa shape index (κ3) is 3.41. The van der Waals surface area contributed by atoms with Crippen molar-refractivity contribution in [3.05, 3.63) is 24.0 Å². The second-order valence-corrected chi connectivity index (χ2v) is 4.28. The van der Waals surface area contributed by atoms with Gasteiger partial charge in [0.15, 0.2) is 0 Å². The number of morpholine rings is 1. The largest absolute Gasteiger partial charge is 0.378 e. The van der Waals surface area contributed by atoms with Crippen molar-refractivity contribution in [2.24, 2.45) is 0 Å². The molecule has 2 heterocycles. The number of aromatic nitrogens is 1. The molecule has 4 nitrogen and oxygen atoms in total. The molecule has 0 unspecified atom stereocenters. The van der Waals surface area contributed by atoms with E-state index >= 15 is 0 Å². The molecule has 4 heteroatoms. The highest BCUT2D eigenvalue weighted by atomic mass is 16.5. The predicted molar refractivity (Wildman–Crippen MR) is 69.3 cm³/mol. The van der Waals surface area contributed by atoms with Gasteiger partial charge in [-0.3, -0.25) is 4.98 Å². The Morgan fingerprint density at radius 1 is 1.41 bits per heavy atom. The summed E-state index contributed by atoms with van der Waals surface area (Å²) in [5, 5.41) is 3.43. The van der Waals surface area contributed by atoms with Gasteiger partial charge < -0.3 is 15.0 Å². The summed E-state index contributed by atoms with van der Waals surface area (Å²) in [4.78, 5) is 6.60. The first-order valence-electron chi connectivity index (χ1n) is 6.38. The number of ether oxygens (including phenoxy) is 1. The average molecular weight is 235 g/mol. The lowest BCUT2D eigenvalue weighted by atomic mass is 10.2. The summed E-state index contributed by atoms with van der Waals surface area (Å²) in [5.74, 6) is 0. The maximum atomic E-state index is 5.39. The molecule has 0 aliphatic carbocycles. The first kappa shape index (κ1) is 12.3. The van der Waals surface area contributed by atoms with E-state index in [4.69, 9.17) is 4.74 Å². The van der Waals surface area contributed by atoms with Crippen molar-refractivity contribution < 1.29 is 4.74 Å². The van der Waals surface area contributed by atoms with Crippen LogP contribution in [0.2, 0.25) is 0 Å². The van der Waals surface area contributed by atoms with Crippen LogP contribution in [0.25, 0.3) is 0 Å². The van der Waals surface area contributed by atoms with Gasteiger partial charge in [0.25, 0.3) is 0 Å². The van der Waals surface area contributed by atoms with Gasteiger partial charge in [-0.05, 0) is 19.0 Å². The summed E-state index contributed by atoms with van der Waals surface area (Å²) in [6.45, 7) is 7.73. The summed E-state index contributed by atoms with van der Waals surface area (Å²) in [7, 11) is 0. The van der Waals surface area contributed by atoms with Gasteiger partial charge in [-0.1, -0.05) is 6.92 Å². The van der Waals surface area contributed by atoms with Crippen molar-refractivity contribution in [1.29, 1.82) is 0 Å². The summed E-state index contributed by atoms with van der Waals surface area (Å²) < 4.78 is 5.39. The molecule has 0 radical (unpaired) electrons. The predicted octanol–water partition coefficient (Wildman–Crippen LogP) is 1.42. The van der Waals surface area contributed by atoms with E-state index in [9.17, 15) is 0 Å². The zero-order chi connectivity index (χ0) is 11.9. The lowest BCUT2D eigenvalue weighted by molar-refractivity contribution is 0.122. The number of anilines is 1. The van der Waals surface area contributed by atoms with Gasteiger partial charge in [-0.2, -0.15) is 0 Å². The molecule has 0 spiro atoms. The van der Waals surface area contributed by atoms with E-state index in [1.165, 1.54) is 11.3 Å². The van der Waals surface area contributed by atoms with Gasteiger partial charge in [0.05, 0.1) is 13.2 Å². The van der Waals surface area contributed by atoms with Gasteiger partial charge in [-0.25, -0.2) is 0 Å². The van der Waals surface area contributed by atoms with Crippen molar-refractivity contribution in [3.8, 4) is 0 Å². The zero-order valence-corrected chi connectivity index (χ0v) is 10.5. The van der Waals surface area contributed by atoms with Crippen LogP contribution in [0.4, 0.5) is 5.69 Å². The van der Waals surface area contributed by atoms with Crippen molar-refractivity contribution in [2.75, 3.05) is 37.7 Å². The van der Waals surface area contributed by atoms with E-state index < -0.39 is 0 Å². The standard InChI is InChI=1S/C13H21N3O/c1-2-4-14-10-12-11-15-5-3-13(12)16-6-8-17-9-7-16/h3,5,11,14H,2,4,6-10H2,1H3. The quantitative estimate of drug-likeness (QED) is 0.783. The van der Waals surface area contributed by atoms with Crippen LogP contribution in [0, 0.1) is 0 Å². The second kappa shape index (κ2) is 6.57. The Hall–Kier alpha value is -1.13. The van der Waals surface area contributed by atoms with Crippen LogP contribution in [-0.2, 0) is 11.3 Å². The molecule has 0 bridgehead atoms. The first-order chi connectivity index (χ1) is 8.42. The fraction of sp³-hybridized carbons (Fsp3) is 0.615. The Labute approximate surface area is 103 Å². The minimum Gasteiger partial charge on any atom is -0.378 e. The molecule has 94 valence electrons. The molecular formula is C13H21N3O. The van der Waals surface area contributed by atoms with Crippen molar-refractivity contribution in [1.82, 2.24) is 10.3 Å². The highest BCUT2D eigenvalue weighted by Gasteiger charge is 2.14. The molecule has 1 aromatic heterocycles. The summed E-state index contributed by atoms with van der Waals surface area (Å²) in [6, 6.07) is 2.11. The molecule has 1 aromatic rings. The fourth-order valence-electron chi connectivity index (χ4n) is 2.07. The Kier molecular flexibility index (Phi) is 4.76. The van der Waals surface area contributed by atoms with Gasteiger partial charge in [0, 0.05) is 43.3 Å². The molecular weight excluding hydrogens is 214 g/mol. The molecule has 2 rings (SSSR count). The molecule has 1 aliphatic heterocycles. The van der Waals surface area contributed by atoms with E-state index in [1.807, 2.05) is 12.4 Å². The molecule has 1 N–H and O–H groups in total. The van der Waals surface area contributed by atoms with E-state index in [-0.39, 0.29) is 0 Å². The molecule has 0 amide bonds. The summed E-state index contributed by atoms with van der Waals surface area (Å²) in [5.41, 5.74) is 2.58. The second-order valence-electron chi connectivity index (χ2n) is 4.28. The number of hydrogen-bond acceptors (Lipinski definition) is 4. The minimum atomic E-state index is 0.824. The Balaban J connectivity index is 2.03. The lowest BCUT2D eigenvalue weighted by Crippen LogP contribution is -2.37. The van der Waals surface area contributed by atoms with Crippen LogP contribution >= 0.6 is 0 Å². The normalized spacial score (nSPS) is 16.2. The van der Waals surface area contributed by atoms with Crippen molar-refractivity contribution in [3.63, 3.8) is 0 Å². The molecule has 1 aliphatic rings. The van der Waals surface area contributed by atoms with Crippen LogP contribution in [0.1, 0.15) is 18.9 Å². The number of nitrogens with zero attached hydrogens (tertiary/aromatic N) is 2. The van der Waals surface area contributed by atoms with Crippen molar-refractivity contribution in [2.45, 2.75) is 19.9 Å². The third-order valence-electron chi connectivity index (χ3n) is 2.97. The van der Waals surface area contributed by atoms with Crippen LogP contribution in [-0.4, -0.2) is 37.8 Å². The molecule has 1 fully saturated rings. The highest BCUT2D eigenvalue weighted by molar-refractivity contribution is 5.52. The Morgan fingerprint density at radius 3 is 3.00 bits per heavy atom. The minimum absolute atomic E-state index is 0.824. The molecule has 0 aromatic carbocycles. The van der Waals surface area contributed by atoms with Crippen LogP contribution in [0.5, 0.6) is 0 Å². The highest BCUT2D eigenvalue weighted by Crippen LogP contribution is 2.20. The van der Waals surface area contributed by atoms with Gasteiger partial charge in [-0.15, -0.1) is 0 Å². The van der Waals surface area contributed by atoms with Gasteiger partial charge in [0.1, 0.15) is 0 Å². The van der Waals surface area contributed by atoms with Crippen LogP contribution < -0.4 is 10.2 Å². The maximum Gasteiger partial charge on any atom is 0.0642 e. The van der Waals surface area contributed by atoms with E-state index in [1.54, 1.807) is 0 Å². The van der Waals surface area contributed by atoms with Gasteiger partial charge in [0.2, 0.25) is 0 Å². The Morgan fingerprint density at radius 2 is 2.24 bits per heavy atom. The number of nitrogens with one attached hydrogen (secondary N) is 1. The summed E-state index contributed by atoms with van der Waals surface area (Å²) >= 11 is 0. The van der Waals surface area contributed by atoms with Gasteiger partial charge >= 0.3 is 0 Å². The van der Waals surface area contributed by atoms with E-state index in [0.29, 0.717) is 0 Å². The molecule has 17 heavy (non-hydrogen) atoms. The molecule has 0 saturated carbocycles. The summed E-state index contributed by atoms with van der Waals surface area (Å²) in [6.07, 6.45) is 4.99. The van der Waals surface area contributed by atoms with E-state index in [2.05, 4.69) is 28.2 Å². The SMILES string of the molecule is CCCNCc1cnccc1N1CCOCC1.